The van der Waals surface area contributed by atoms with Crippen molar-refractivity contribution in [3.8, 4) is 0 Å². The van der Waals surface area contributed by atoms with Crippen LogP contribution in [0.25, 0.3) is 0 Å². The molecule has 1 N–H and O–H groups in total. The molecule has 0 saturated heterocycles. The average Bonchev–Trinajstić information content (AvgIpc) is 2.05. The lowest BCUT2D eigenvalue weighted by Crippen LogP contribution is -2.41. The molecule has 0 aromatic carbocycles. The molecule has 0 radical (unpaired) electrons. The minimum absolute atomic E-state index is 0.434. The minimum Gasteiger partial charge on any atom is -0.205 e. The van der Waals surface area contributed by atoms with E-state index >= 15 is 0 Å². The lowest BCUT2D eigenvalue weighted by molar-refractivity contribution is 0.429. The van der Waals surface area contributed by atoms with Crippen molar-refractivity contribution in [3.63, 3.8) is 0 Å². The summed E-state index contributed by atoms with van der Waals surface area (Å²) in [4.78, 5) is 0. The number of hydrogen-bond donors (Lipinski definition) is 1. The average molecular weight is 255 g/mol. The highest BCUT2D eigenvalue weighted by molar-refractivity contribution is 9.11. The van der Waals surface area contributed by atoms with Crippen molar-refractivity contribution in [1.29, 1.82) is 0 Å². The quantitative estimate of drug-likeness (QED) is 0.778. The second-order valence-electron chi connectivity index (χ2n) is 2.48. The molecule has 1 aliphatic rings. The third kappa shape index (κ3) is 2.29. The smallest absolute Gasteiger partial charge is 0.205 e. The summed E-state index contributed by atoms with van der Waals surface area (Å²) in [7, 11) is -1.82. The molecule has 6 heteroatoms. The molecular formula is C6H11BrN2O2S. The molecule has 0 atom stereocenters. The summed E-state index contributed by atoms with van der Waals surface area (Å²) in [6, 6.07) is 0. The van der Waals surface area contributed by atoms with E-state index in [1.165, 1.54) is 11.4 Å². The highest BCUT2D eigenvalue weighted by Crippen LogP contribution is 2.16. The van der Waals surface area contributed by atoms with Crippen LogP contribution < -0.4 is 4.72 Å². The van der Waals surface area contributed by atoms with E-state index in [9.17, 15) is 8.42 Å². The first-order chi connectivity index (χ1) is 5.56. The van der Waals surface area contributed by atoms with Gasteiger partial charge in [-0.1, -0.05) is 22.0 Å². The Morgan fingerprint density at radius 1 is 1.67 bits per heavy atom. The molecule has 0 spiro atoms. The third-order valence-corrected chi connectivity index (χ3v) is 3.75. The number of halogens is 1. The zero-order valence-corrected chi connectivity index (χ0v) is 9.15. The van der Waals surface area contributed by atoms with Gasteiger partial charge in [0.05, 0.1) is 0 Å². The van der Waals surface area contributed by atoms with Gasteiger partial charge in [-0.15, -0.1) is 0 Å². The second-order valence-corrected chi connectivity index (χ2v) is 5.38. The van der Waals surface area contributed by atoms with Crippen molar-refractivity contribution in [2.24, 2.45) is 0 Å². The van der Waals surface area contributed by atoms with Gasteiger partial charge in [-0.05, 0) is 6.42 Å². The lowest BCUT2D eigenvalue weighted by atomic mass is 10.3. The maximum Gasteiger partial charge on any atom is 0.279 e. The van der Waals surface area contributed by atoms with Gasteiger partial charge in [0.1, 0.15) is 0 Å². The monoisotopic (exact) mass is 254 g/mol. The SMILES string of the molecule is CNS(=O)(=O)N1CCC=C(Br)C1. The first-order valence-electron chi connectivity index (χ1n) is 3.59. The van der Waals surface area contributed by atoms with E-state index in [0.29, 0.717) is 13.1 Å². The molecule has 1 heterocycles. The van der Waals surface area contributed by atoms with Gasteiger partial charge >= 0.3 is 0 Å². The Morgan fingerprint density at radius 2 is 2.33 bits per heavy atom. The molecule has 0 bridgehead atoms. The van der Waals surface area contributed by atoms with Crippen molar-refractivity contribution >= 4 is 26.1 Å². The lowest BCUT2D eigenvalue weighted by Gasteiger charge is -2.23. The van der Waals surface area contributed by atoms with E-state index in [2.05, 4.69) is 20.7 Å². The van der Waals surface area contributed by atoms with Crippen molar-refractivity contribution in [1.82, 2.24) is 9.03 Å². The Labute approximate surface area is 80.9 Å². The van der Waals surface area contributed by atoms with Crippen LogP contribution in [0, 0.1) is 0 Å². The number of nitrogens with zero attached hydrogens (tertiary/aromatic N) is 1. The maximum absolute atomic E-state index is 11.3. The van der Waals surface area contributed by atoms with Crippen LogP contribution in [0.1, 0.15) is 6.42 Å². The first kappa shape index (κ1) is 10.2. The van der Waals surface area contributed by atoms with Gasteiger partial charge in [-0.2, -0.15) is 12.7 Å². The number of nitrogens with one attached hydrogen (secondary N) is 1. The Bertz CT molecular complexity index is 286. The molecule has 0 amide bonds. The van der Waals surface area contributed by atoms with E-state index in [-0.39, 0.29) is 0 Å². The molecule has 0 saturated carbocycles. The summed E-state index contributed by atoms with van der Waals surface area (Å²) >= 11 is 3.28. The fraction of sp³-hybridized carbons (Fsp3) is 0.667. The maximum atomic E-state index is 11.3. The van der Waals surface area contributed by atoms with Crippen LogP contribution in [0.4, 0.5) is 0 Å². The predicted octanol–water partition coefficient (Wildman–Crippen LogP) is 0.435. The van der Waals surface area contributed by atoms with Crippen molar-refractivity contribution < 1.29 is 8.42 Å². The topological polar surface area (TPSA) is 49.4 Å². The molecule has 0 fully saturated rings. The number of rotatable bonds is 2. The molecule has 0 aromatic heterocycles. The van der Waals surface area contributed by atoms with Crippen LogP contribution in [0.3, 0.4) is 0 Å². The Hall–Kier alpha value is 0.0900. The Kier molecular flexibility index (Phi) is 3.28. The molecule has 0 aromatic rings. The largest absolute Gasteiger partial charge is 0.279 e. The van der Waals surface area contributed by atoms with Crippen molar-refractivity contribution in [3.05, 3.63) is 10.6 Å². The second kappa shape index (κ2) is 3.87. The molecule has 0 unspecified atom stereocenters. The van der Waals surface area contributed by atoms with Gasteiger partial charge in [0.15, 0.2) is 0 Å². The summed E-state index contributed by atoms with van der Waals surface area (Å²) in [5, 5.41) is 0. The van der Waals surface area contributed by atoms with Gasteiger partial charge in [0.25, 0.3) is 10.2 Å². The zero-order valence-electron chi connectivity index (χ0n) is 6.75. The van der Waals surface area contributed by atoms with Crippen LogP contribution in [-0.4, -0.2) is 32.9 Å². The highest BCUT2D eigenvalue weighted by Gasteiger charge is 2.22. The van der Waals surface area contributed by atoms with Crippen LogP contribution >= 0.6 is 15.9 Å². The fourth-order valence-corrected chi connectivity index (χ4v) is 2.62. The fourth-order valence-electron chi connectivity index (χ4n) is 1.01. The van der Waals surface area contributed by atoms with E-state index in [4.69, 9.17) is 0 Å². The van der Waals surface area contributed by atoms with Gasteiger partial charge in [-0.25, -0.2) is 4.72 Å². The Morgan fingerprint density at radius 3 is 2.83 bits per heavy atom. The van der Waals surface area contributed by atoms with Crippen LogP contribution in [0.15, 0.2) is 10.6 Å². The molecule has 4 nitrogen and oxygen atoms in total. The van der Waals surface area contributed by atoms with E-state index in [1.807, 2.05) is 6.08 Å². The van der Waals surface area contributed by atoms with Crippen molar-refractivity contribution in [2.45, 2.75) is 6.42 Å². The summed E-state index contributed by atoms with van der Waals surface area (Å²) in [6.07, 6.45) is 2.75. The van der Waals surface area contributed by atoms with Gasteiger partial charge in [0.2, 0.25) is 0 Å². The number of hydrogen-bond acceptors (Lipinski definition) is 2. The summed E-state index contributed by atoms with van der Waals surface area (Å²) < 4.78 is 27.1. The van der Waals surface area contributed by atoms with Crippen molar-refractivity contribution in [2.75, 3.05) is 20.1 Å². The zero-order chi connectivity index (χ0) is 9.19. The molecule has 70 valence electrons. The Balaban J connectivity index is 2.74. The summed E-state index contributed by atoms with van der Waals surface area (Å²) in [5.41, 5.74) is 0. The molecule has 12 heavy (non-hydrogen) atoms. The molecule has 1 aliphatic heterocycles. The molecule has 1 rings (SSSR count). The van der Waals surface area contributed by atoms with Crippen LogP contribution in [-0.2, 0) is 10.2 Å². The van der Waals surface area contributed by atoms with Gasteiger partial charge in [0, 0.05) is 24.6 Å². The minimum atomic E-state index is -3.24. The molecule has 0 aliphatic carbocycles. The predicted molar refractivity (Wildman–Crippen MR) is 51.2 cm³/mol. The van der Waals surface area contributed by atoms with Crippen LogP contribution in [0.5, 0.6) is 0 Å². The third-order valence-electron chi connectivity index (χ3n) is 1.67. The standard InChI is InChI=1S/C6H11BrN2O2S/c1-8-12(10,11)9-4-2-3-6(7)5-9/h3,8H,2,4-5H2,1H3. The van der Waals surface area contributed by atoms with E-state index in [0.717, 1.165) is 10.9 Å². The van der Waals surface area contributed by atoms with Gasteiger partial charge < -0.3 is 0 Å². The van der Waals surface area contributed by atoms with Gasteiger partial charge in [-0.3, -0.25) is 0 Å². The molecular weight excluding hydrogens is 244 g/mol. The normalized spacial score (nSPS) is 20.7. The van der Waals surface area contributed by atoms with E-state index in [1.54, 1.807) is 0 Å². The van der Waals surface area contributed by atoms with Crippen LogP contribution in [0.2, 0.25) is 0 Å². The van der Waals surface area contributed by atoms with E-state index < -0.39 is 10.2 Å². The summed E-state index contributed by atoms with van der Waals surface area (Å²) in [5.74, 6) is 0. The summed E-state index contributed by atoms with van der Waals surface area (Å²) in [6.45, 7) is 0.988. The highest BCUT2D eigenvalue weighted by atomic mass is 79.9. The first-order valence-corrected chi connectivity index (χ1v) is 5.83.